The summed E-state index contributed by atoms with van der Waals surface area (Å²) < 4.78 is 6.10. The molecule has 0 unspecified atom stereocenters. The molecule has 0 saturated carbocycles. The fourth-order valence-electron chi connectivity index (χ4n) is 1.63. The summed E-state index contributed by atoms with van der Waals surface area (Å²) in [6.07, 6.45) is 1.26. The van der Waals surface area contributed by atoms with Crippen molar-refractivity contribution in [3.05, 3.63) is 61.8 Å². The maximum atomic E-state index is 11.7. The van der Waals surface area contributed by atoms with Crippen molar-refractivity contribution in [3.63, 3.8) is 0 Å². The van der Waals surface area contributed by atoms with Crippen molar-refractivity contribution in [1.29, 1.82) is 0 Å². The Hall–Kier alpha value is -2.70. The molecule has 0 saturated heterocycles. The molecular weight excluding hydrogens is 250 g/mol. The van der Waals surface area contributed by atoms with Gasteiger partial charge in [0.1, 0.15) is 4.92 Å². The standard InChI is InChI=1S/C12H11N3O4/c1-8-5-9(2)14(11(16)6-8)13-7-10-3-4-12(19-10)15(17)18/h3-7H,1-2H3. The lowest BCUT2D eigenvalue weighted by Gasteiger charge is -2.03. The number of aromatic nitrogens is 1. The van der Waals surface area contributed by atoms with E-state index in [1.807, 2.05) is 13.0 Å². The monoisotopic (exact) mass is 261 g/mol. The van der Waals surface area contributed by atoms with Gasteiger partial charge in [0.05, 0.1) is 12.3 Å². The van der Waals surface area contributed by atoms with Gasteiger partial charge in [-0.15, -0.1) is 0 Å². The fraction of sp³-hybridized carbons (Fsp3) is 0.167. The van der Waals surface area contributed by atoms with Crippen molar-refractivity contribution in [1.82, 2.24) is 4.68 Å². The smallest absolute Gasteiger partial charge is 0.400 e. The van der Waals surface area contributed by atoms with Crippen LogP contribution >= 0.6 is 0 Å². The van der Waals surface area contributed by atoms with Gasteiger partial charge in [0.2, 0.25) is 0 Å². The number of hydrogen-bond donors (Lipinski definition) is 0. The van der Waals surface area contributed by atoms with E-state index in [-0.39, 0.29) is 17.2 Å². The molecule has 2 heterocycles. The number of rotatable bonds is 3. The van der Waals surface area contributed by atoms with Gasteiger partial charge in [-0.2, -0.15) is 5.10 Å². The highest BCUT2D eigenvalue weighted by atomic mass is 16.6. The number of hydrogen-bond acceptors (Lipinski definition) is 5. The van der Waals surface area contributed by atoms with Crippen molar-refractivity contribution in [2.75, 3.05) is 0 Å². The summed E-state index contributed by atoms with van der Waals surface area (Å²) in [5, 5.41) is 14.4. The minimum absolute atomic E-state index is 0.207. The zero-order chi connectivity index (χ0) is 14.0. The molecule has 7 heteroatoms. The van der Waals surface area contributed by atoms with Gasteiger partial charge in [-0.3, -0.25) is 14.9 Å². The molecule has 0 atom stereocenters. The van der Waals surface area contributed by atoms with Crippen LogP contribution in [0.2, 0.25) is 0 Å². The summed E-state index contributed by atoms with van der Waals surface area (Å²) in [4.78, 5) is 21.5. The zero-order valence-corrected chi connectivity index (χ0v) is 10.4. The van der Waals surface area contributed by atoms with Crippen molar-refractivity contribution < 1.29 is 9.34 Å². The van der Waals surface area contributed by atoms with Crippen LogP contribution in [-0.4, -0.2) is 15.8 Å². The lowest BCUT2D eigenvalue weighted by Crippen LogP contribution is -2.18. The van der Waals surface area contributed by atoms with E-state index in [1.54, 1.807) is 6.92 Å². The van der Waals surface area contributed by atoms with E-state index in [1.165, 1.54) is 29.1 Å². The van der Waals surface area contributed by atoms with Crippen LogP contribution in [0, 0.1) is 24.0 Å². The Bertz CT molecular complexity index is 712. The van der Waals surface area contributed by atoms with Crippen molar-refractivity contribution in [2.24, 2.45) is 5.10 Å². The average Bonchev–Trinajstić information content (AvgIpc) is 2.76. The van der Waals surface area contributed by atoms with Crippen LogP contribution in [0.4, 0.5) is 5.88 Å². The molecule has 0 aliphatic heterocycles. The van der Waals surface area contributed by atoms with Gasteiger partial charge >= 0.3 is 5.88 Å². The molecule has 2 aromatic heterocycles. The molecule has 19 heavy (non-hydrogen) atoms. The Balaban J connectivity index is 2.32. The summed E-state index contributed by atoms with van der Waals surface area (Å²) in [5.74, 6) is -0.159. The highest BCUT2D eigenvalue weighted by Gasteiger charge is 2.10. The molecule has 0 aliphatic rings. The van der Waals surface area contributed by atoms with Crippen LogP contribution < -0.4 is 5.56 Å². The number of nitro groups is 1. The topological polar surface area (TPSA) is 90.6 Å². The van der Waals surface area contributed by atoms with Crippen molar-refractivity contribution in [3.8, 4) is 0 Å². The van der Waals surface area contributed by atoms with Gasteiger partial charge in [0, 0.05) is 11.8 Å². The molecule has 7 nitrogen and oxygen atoms in total. The number of aryl methyl sites for hydroxylation is 2. The number of furan rings is 1. The van der Waals surface area contributed by atoms with E-state index in [9.17, 15) is 14.9 Å². The van der Waals surface area contributed by atoms with E-state index >= 15 is 0 Å². The van der Waals surface area contributed by atoms with Crippen molar-refractivity contribution in [2.45, 2.75) is 13.8 Å². The van der Waals surface area contributed by atoms with Gasteiger partial charge in [0.15, 0.2) is 5.76 Å². The second-order valence-corrected chi connectivity index (χ2v) is 4.00. The average molecular weight is 261 g/mol. The van der Waals surface area contributed by atoms with E-state index in [0.717, 1.165) is 5.56 Å². The molecule has 0 spiro atoms. The molecule has 98 valence electrons. The first-order valence-electron chi connectivity index (χ1n) is 5.46. The Kier molecular flexibility index (Phi) is 3.28. The Morgan fingerprint density at radius 3 is 2.68 bits per heavy atom. The van der Waals surface area contributed by atoms with E-state index in [0.29, 0.717) is 5.69 Å². The third kappa shape index (κ3) is 2.76. The van der Waals surface area contributed by atoms with Crippen LogP contribution in [0.3, 0.4) is 0 Å². The van der Waals surface area contributed by atoms with Gasteiger partial charge < -0.3 is 4.42 Å². The highest BCUT2D eigenvalue weighted by Crippen LogP contribution is 2.13. The van der Waals surface area contributed by atoms with Crippen molar-refractivity contribution >= 4 is 12.1 Å². The molecule has 0 N–H and O–H groups in total. The van der Waals surface area contributed by atoms with Gasteiger partial charge in [-0.05, 0) is 31.5 Å². The van der Waals surface area contributed by atoms with Crippen LogP contribution in [0.1, 0.15) is 17.0 Å². The maximum absolute atomic E-state index is 11.7. The summed E-state index contributed by atoms with van der Waals surface area (Å²) >= 11 is 0. The summed E-state index contributed by atoms with van der Waals surface area (Å²) in [5.41, 5.74) is 1.25. The van der Waals surface area contributed by atoms with E-state index in [4.69, 9.17) is 4.42 Å². The van der Waals surface area contributed by atoms with Crippen LogP contribution in [-0.2, 0) is 0 Å². The first-order chi connectivity index (χ1) is 8.97. The molecule has 0 aliphatic carbocycles. The normalized spacial score (nSPS) is 11.1. The van der Waals surface area contributed by atoms with Crippen LogP contribution in [0.15, 0.2) is 38.6 Å². The van der Waals surface area contributed by atoms with Gasteiger partial charge in [-0.1, -0.05) is 0 Å². The molecule has 2 aromatic rings. The highest BCUT2D eigenvalue weighted by molar-refractivity contribution is 5.76. The second-order valence-electron chi connectivity index (χ2n) is 4.00. The second kappa shape index (κ2) is 4.89. The van der Waals surface area contributed by atoms with Crippen LogP contribution in [0.25, 0.3) is 0 Å². The Morgan fingerprint density at radius 1 is 1.37 bits per heavy atom. The predicted molar refractivity (Wildman–Crippen MR) is 68.5 cm³/mol. The molecule has 2 rings (SSSR count). The quantitative estimate of drug-likeness (QED) is 0.479. The largest absolute Gasteiger partial charge is 0.433 e. The molecular formula is C12H11N3O4. The summed E-state index contributed by atoms with van der Waals surface area (Å²) in [6.45, 7) is 3.56. The lowest BCUT2D eigenvalue weighted by molar-refractivity contribution is -0.402. The lowest BCUT2D eigenvalue weighted by atomic mass is 10.2. The molecule has 0 amide bonds. The van der Waals surface area contributed by atoms with E-state index in [2.05, 4.69) is 5.10 Å². The molecule has 0 radical (unpaired) electrons. The minimum atomic E-state index is -0.638. The van der Waals surface area contributed by atoms with E-state index < -0.39 is 4.92 Å². The van der Waals surface area contributed by atoms with Crippen LogP contribution in [0.5, 0.6) is 0 Å². The molecule has 0 fully saturated rings. The predicted octanol–water partition coefficient (Wildman–Crippen LogP) is 1.85. The first kappa shape index (κ1) is 12.7. The molecule has 0 bridgehead atoms. The minimum Gasteiger partial charge on any atom is -0.400 e. The zero-order valence-electron chi connectivity index (χ0n) is 10.4. The van der Waals surface area contributed by atoms with Gasteiger partial charge in [0.25, 0.3) is 5.56 Å². The maximum Gasteiger partial charge on any atom is 0.433 e. The summed E-state index contributed by atoms with van der Waals surface area (Å²) in [7, 11) is 0. The Morgan fingerprint density at radius 2 is 2.11 bits per heavy atom. The Labute approximate surface area is 107 Å². The number of pyridine rings is 1. The summed E-state index contributed by atoms with van der Waals surface area (Å²) in [6, 6.07) is 5.90. The fourth-order valence-corrected chi connectivity index (χ4v) is 1.63. The SMILES string of the molecule is Cc1cc(C)n(N=Cc2ccc([N+](=O)[O-])o2)c(=O)c1. The third-order valence-electron chi connectivity index (χ3n) is 2.42. The first-order valence-corrected chi connectivity index (χ1v) is 5.46. The number of nitrogens with zero attached hydrogens (tertiary/aromatic N) is 3. The molecule has 0 aromatic carbocycles. The third-order valence-corrected chi connectivity index (χ3v) is 2.42. The van der Waals surface area contributed by atoms with Gasteiger partial charge in [-0.25, -0.2) is 4.68 Å².